The first-order valence-electron chi connectivity index (χ1n) is 6.43. The number of hydrogen-bond donors (Lipinski definition) is 0. The summed E-state index contributed by atoms with van der Waals surface area (Å²) in [6, 6.07) is 14.7. The normalized spacial score (nSPS) is 15.1. The zero-order valence-corrected chi connectivity index (χ0v) is 13.1. The van der Waals surface area contributed by atoms with Crippen molar-refractivity contribution in [2.75, 3.05) is 4.90 Å². The van der Waals surface area contributed by atoms with Crippen LogP contribution in [0.15, 0.2) is 58.5 Å². The smallest absolute Gasteiger partial charge is 0.220 e. The van der Waals surface area contributed by atoms with E-state index >= 15 is 0 Å². The first kappa shape index (κ1) is 15.1. The fourth-order valence-corrected chi connectivity index (χ4v) is 3.76. The van der Waals surface area contributed by atoms with Crippen molar-refractivity contribution in [3.05, 3.63) is 64.2 Å². The molecule has 0 radical (unpaired) electrons. The number of halogens is 1. The van der Waals surface area contributed by atoms with Gasteiger partial charge in [-0.25, -0.2) is 8.42 Å². The van der Waals surface area contributed by atoms with E-state index in [9.17, 15) is 8.42 Å². The van der Waals surface area contributed by atoms with E-state index in [4.69, 9.17) is 22.1 Å². The predicted molar refractivity (Wildman–Crippen MR) is 85.6 cm³/mol. The Bertz CT molecular complexity index is 1030. The van der Waals surface area contributed by atoms with Crippen LogP contribution in [0.25, 0.3) is 0 Å². The van der Waals surface area contributed by atoms with E-state index in [1.165, 1.54) is 24.4 Å². The van der Waals surface area contributed by atoms with Crippen LogP contribution in [0.2, 0.25) is 5.02 Å². The molecule has 1 heterocycles. The molecular weight excluding hydrogens is 334 g/mol. The van der Waals surface area contributed by atoms with Gasteiger partial charge in [0, 0.05) is 16.9 Å². The highest BCUT2D eigenvalue weighted by atomic mass is 35.5. The maximum atomic E-state index is 12.4. The summed E-state index contributed by atoms with van der Waals surface area (Å²) < 4.78 is 24.9. The minimum absolute atomic E-state index is 0.00307. The van der Waals surface area contributed by atoms with E-state index in [0.29, 0.717) is 22.0 Å². The average molecular weight is 342 g/mol. The van der Waals surface area contributed by atoms with E-state index in [-0.39, 0.29) is 9.80 Å². The van der Waals surface area contributed by atoms with Crippen LogP contribution < -0.4 is 4.90 Å². The number of hydrogen-bond acceptors (Lipinski definition) is 5. The number of sulfone groups is 1. The summed E-state index contributed by atoms with van der Waals surface area (Å²) in [6.07, 6.45) is 1.24. The van der Waals surface area contributed by atoms with Gasteiger partial charge in [-0.15, -0.1) is 0 Å². The quantitative estimate of drug-likeness (QED) is 0.792. The number of benzene rings is 2. The predicted octanol–water partition coefficient (Wildman–Crippen LogP) is 3.50. The molecule has 2 aromatic rings. The highest BCUT2D eigenvalue weighted by molar-refractivity contribution is 7.95. The Morgan fingerprint density at radius 1 is 1.04 bits per heavy atom. The average Bonchev–Trinajstić information content (AvgIpc) is 2.54. The Labute approximate surface area is 138 Å². The molecule has 23 heavy (non-hydrogen) atoms. The molecule has 7 heteroatoms. The van der Waals surface area contributed by atoms with Gasteiger partial charge in [0.2, 0.25) is 9.84 Å². The van der Waals surface area contributed by atoms with Crippen molar-refractivity contribution in [2.24, 2.45) is 0 Å². The maximum Gasteiger partial charge on any atom is 0.220 e. The first-order valence-corrected chi connectivity index (χ1v) is 8.29. The lowest BCUT2D eigenvalue weighted by atomic mass is 10.2. The van der Waals surface area contributed by atoms with Crippen LogP contribution in [0.3, 0.4) is 0 Å². The van der Waals surface area contributed by atoms with Gasteiger partial charge in [-0.2, -0.15) is 10.5 Å². The molecule has 0 amide bonds. The van der Waals surface area contributed by atoms with Gasteiger partial charge in [0.1, 0.15) is 6.07 Å². The molecule has 0 N–H and O–H groups in total. The molecule has 3 rings (SSSR count). The third kappa shape index (κ3) is 2.44. The molecule has 0 aliphatic carbocycles. The Balaban J connectivity index is 2.31. The third-order valence-corrected chi connectivity index (χ3v) is 5.30. The highest BCUT2D eigenvalue weighted by Crippen LogP contribution is 2.40. The van der Waals surface area contributed by atoms with E-state index in [1.54, 1.807) is 35.2 Å². The monoisotopic (exact) mass is 341 g/mol. The number of nitrogens with zero attached hydrogens (tertiary/aromatic N) is 3. The number of allylic oxidation sites excluding steroid dienone is 1. The van der Waals surface area contributed by atoms with Crippen molar-refractivity contribution in [3.63, 3.8) is 0 Å². The third-order valence-electron chi connectivity index (χ3n) is 3.37. The van der Waals surface area contributed by atoms with E-state index in [2.05, 4.69) is 0 Å². The van der Waals surface area contributed by atoms with E-state index in [0.717, 1.165) is 0 Å². The molecule has 2 aromatic carbocycles. The van der Waals surface area contributed by atoms with Crippen LogP contribution in [0, 0.1) is 22.7 Å². The molecule has 5 nitrogen and oxygen atoms in total. The van der Waals surface area contributed by atoms with Crippen LogP contribution in [-0.4, -0.2) is 8.42 Å². The van der Waals surface area contributed by atoms with Gasteiger partial charge in [0.05, 0.1) is 22.2 Å². The molecule has 0 atom stereocenters. The highest BCUT2D eigenvalue weighted by Gasteiger charge is 2.32. The van der Waals surface area contributed by atoms with Crippen molar-refractivity contribution in [3.8, 4) is 12.1 Å². The summed E-state index contributed by atoms with van der Waals surface area (Å²) in [5, 5.41) is 18.6. The number of anilines is 2. The lowest BCUT2D eigenvalue weighted by Gasteiger charge is -2.27. The second-order valence-corrected chi connectivity index (χ2v) is 7.08. The second kappa shape index (κ2) is 5.44. The van der Waals surface area contributed by atoms with Gasteiger partial charge in [-0.3, -0.25) is 0 Å². The van der Waals surface area contributed by atoms with Crippen LogP contribution >= 0.6 is 11.6 Å². The summed E-state index contributed by atoms with van der Waals surface area (Å²) in [5.41, 5.74) is 1.33. The van der Waals surface area contributed by atoms with Crippen LogP contribution in [-0.2, 0) is 9.84 Å². The first-order chi connectivity index (χ1) is 11.0. The molecular formula is C16H8ClN3O2S. The molecule has 112 valence electrons. The van der Waals surface area contributed by atoms with E-state index in [1.807, 2.05) is 6.07 Å². The largest absolute Gasteiger partial charge is 0.314 e. The molecule has 0 aromatic heterocycles. The second-order valence-electron chi connectivity index (χ2n) is 4.75. The summed E-state index contributed by atoms with van der Waals surface area (Å²) in [7, 11) is -3.87. The van der Waals surface area contributed by atoms with Crippen LogP contribution in [0.5, 0.6) is 0 Å². The summed E-state index contributed by atoms with van der Waals surface area (Å²) in [4.78, 5) is 1.18. The van der Waals surface area contributed by atoms with Gasteiger partial charge in [-0.1, -0.05) is 17.7 Å². The van der Waals surface area contributed by atoms with Crippen LogP contribution in [0.4, 0.5) is 11.4 Å². The van der Waals surface area contributed by atoms with E-state index < -0.39 is 9.84 Å². The Kier molecular flexibility index (Phi) is 3.57. The van der Waals surface area contributed by atoms with Crippen molar-refractivity contribution in [2.45, 2.75) is 4.90 Å². The minimum Gasteiger partial charge on any atom is -0.314 e. The van der Waals surface area contributed by atoms with Crippen LogP contribution in [0.1, 0.15) is 5.56 Å². The fourth-order valence-electron chi connectivity index (χ4n) is 2.31. The number of fused-ring (bicyclic) bond motifs is 1. The Morgan fingerprint density at radius 2 is 1.83 bits per heavy atom. The van der Waals surface area contributed by atoms with Gasteiger partial charge < -0.3 is 4.90 Å². The van der Waals surface area contributed by atoms with Gasteiger partial charge in [-0.05, 0) is 36.4 Å². The fraction of sp³-hybridized carbons (Fsp3) is 0. The van der Waals surface area contributed by atoms with Crippen molar-refractivity contribution >= 4 is 32.8 Å². The molecule has 0 bridgehead atoms. The minimum atomic E-state index is -3.87. The SMILES string of the molecule is N#CC1=CN(c2cccc(C#N)c2)c2cc(Cl)ccc2S1(=O)=O. The molecule has 1 aliphatic heterocycles. The van der Waals surface area contributed by atoms with Crippen molar-refractivity contribution in [1.29, 1.82) is 10.5 Å². The van der Waals surface area contributed by atoms with Gasteiger partial charge in [0.15, 0.2) is 4.91 Å². The standard InChI is InChI=1S/C16H8ClN3O2S/c17-12-4-5-16-15(7-12)20(10-14(9-19)23(16,21)22)13-3-1-2-11(6-13)8-18/h1-7,10H. The summed E-state index contributed by atoms with van der Waals surface area (Å²) in [5.74, 6) is 0. The molecule has 0 unspecified atom stereocenters. The zero-order chi connectivity index (χ0) is 16.6. The summed E-state index contributed by atoms with van der Waals surface area (Å²) in [6.45, 7) is 0. The Morgan fingerprint density at radius 3 is 2.52 bits per heavy atom. The lowest BCUT2D eigenvalue weighted by Crippen LogP contribution is -2.21. The number of nitriles is 2. The Hall–Kier alpha value is -2.80. The maximum absolute atomic E-state index is 12.4. The van der Waals surface area contributed by atoms with Gasteiger partial charge in [0.25, 0.3) is 0 Å². The van der Waals surface area contributed by atoms with Gasteiger partial charge >= 0.3 is 0 Å². The molecule has 0 spiro atoms. The molecule has 0 saturated heterocycles. The lowest BCUT2D eigenvalue weighted by molar-refractivity contribution is 0.602. The van der Waals surface area contributed by atoms with Crippen molar-refractivity contribution in [1.82, 2.24) is 0 Å². The molecule has 1 aliphatic rings. The zero-order valence-electron chi connectivity index (χ0n) is 11.6. The molecule has 0 fully saturated rings. The summed E-state index contributed by atoms with van der Waals surface area (Å²) >= 11 is 5.99. The topological polar surface area (TPSA) is 85.0 Å². The van der Waals surface area contributed by atoms with Crippen molar-refractivity contribution < 1.29 is 8.42 Å². The molecule has 0 saturated carbocycles. The number of rotatable bonds is 1.